The van der Waals surface area contributed by atoms with Gasteiger partial charge in [0.15, 0.2) is 11.5 Å². The molecule has 3 aliphatic heterocycles. The number of likely N-dealkylation sites (tertiary alicyclic amines) is 1. The molecule has 0 bridgehead atoms. The molecule has 5 rings (SSSR count). The molecule has 28 heavy (non-hydrogen) atoms. The van der Waals surface area contributed by atoms with Gasteiger partial charge in [-0.05, 0) is 30.5 Å². The van der Waals surface area contributed by atoms with Gasteiger partial charge in [0.2, 0.25) is 18.6 Å². The number of carbonyl (C=O) groups is 2. The fourth-order valence-electron chi connectivity index (χ4n) is 4.59. The number of imide groups is 1. The number of amides is 2. The van der Waals surface area contributed by atoms with Crippen molar-refractivity contribution in [2.45, 2.75) is 19.4 Å². The Morgan fingerprint density at radius 3 is 2.21 bits per heavy atom. The minimum atomic E-state index is -0.134. The molecule has 1 aromatic rings. The zero-order valence-corrected chi connectivity index (χ0v) is 15.9. The molecule has 0 aromatic heterocycles. The fourth-order valence-corrected chi connectivity index (χ4v) is 4.59. The lowest BCUT2D eigenvalue weighted by atomic mass is 9.85. The Morgan fingerprint density at radius 1 is 0.857 bits per heavy atom. The normalized spacial score (nSPS) is 27.5. The lowest BCUT2D eigenvalue weighted by Gasteiger charge is -2.36. The molecular formula is C21H25N3O4. The molecule has 2 amide bonds. The maximum absolute atomic E-state index is 12.6. The smallest absolute Gasteiger partial charge is 0.234 e. The van der Waals surface area contributed by atoms with Gasteiger partial charge in [0.05, 0.1) is 18.5 Å². The van der Waals surface area contributed by atoms with Crippen molar-refractivity contribution in [2.24, 2.45) is 11.8 Å². The molecule has 2 unspecified atom stereocenters. The summed E-state index contributed by atoms with van der Waals surface area (Å²) in [7, 11) is 0. The Hall–Kier alpha value is -2.38. The van der Waals surface area contributed by atoms with E-state index in [9.17, 15) is 9.59 Å². The van der Waals surface area contributed by atoms with Crippen LogP contribution in [0.3, 0.4) is 0 Å². The van der Waals surface area contributed by atoms with E-state index in [1.165, 1.54) is 10.5 Å². The first-order valence-corrected chi connectivity index (χ1v) is 10.0. The third-order valence-corrected chi connectivity index (χ3v) is 6.25. The summed E-state index contributed by atoms with van der Waals surface area (Å²) in [6.07, 6.45) is 5.47. The van der Waals surface area contributed by atoms with Crippen LogP contribution in [-0.4, -0.2) is 66.2 Å². The van der Waals surface area contributed by atoms with Crippen LogP contribution in [0.25, 0.3) is 0 Å². The lowest BCUT2D eigenvalue weighted by molar-refractivity contribution is -0.142. The molecule has 0 saturated carbocycles. The molecule has 1 aromatic carbocycles. The second-order valence-corrected chi connectivity index (χ2v) is 7.98. The van der Waals surface area contributed by atoms with Crippen molar-refractivity contribution >= 4 is 11.8 Å². The van der Waals surface area contributed by atoms with Crippen LogP contribution < -0.4 is 9.47 Å². The third-order valence-electron chi connectivity index (χ3n) is 6.25. The highest BCUT2D eigenvalue weighted by Gasteiger charge is 2.47. The first kappa shape index (κ1) is 17.7. The van der Waals surface area contributed by atoms with Crippen molar-refractivity contribution in [3.05, 3.63) is 35.9 Å². The fraction of sp³-hybridized carbons (Fsp3) is 0.524. The van der Waals surface area contributed by atoms with Crippen molar-refractivity contribution in [1.82, 2.24) is 14.7 Å². The third kappa shape index (κ3) is 3.18. The van der Waals surface area contributed by atoms with Gasteiger partial charge in [-0.15, -0.1) is 0 Å². The number of hydrogen-bond donors (Lipinski definition) is 0. The lowest BCUT2D eigenvalue weighted by Crippen LogP contribution is -2.51. The molecule has 0 spiro atoms. The Labute approximate surface area is 164 Å². The van der Waals surface area contributed by atoms with Crippen molar-refractivity contribution in [1.29, 1.82) is 0 Å². The van der Waals surface area contributed by atoms with Gasteiger partial charge in [-0.3, -0.25) is 24.3 Å². The summed E-state index contributed by atoms with van der Waals surface area (Å²) in [5, 5.41) is 0. The van der Waals surface area contributed by atoms with Crippen LogP contribution in [-0.2, 0) is 16.1 Å². The number of fused-ring (bicyclic) bond motifs is 2. The number of carbonyl (C=O) groups excluding carboxylic acids is 2. The van der Waals surface area contributed by atoms with E-state index in [1.54, 1.807) is 0 Å². The second-order valence-electron chi connectivity index (χ2n) is 7.98. The van der Waals surface area contributed by atoms with Crippen LogP contribution >= 0.6 is 0 Å². The minimum absolute atomic E-state index is 0.0159. The van der Waals surface area contributed by atoms with Crippen LogP contribution in [0.15, 0.2) is 30.4 Å². The Morgan fingerprint density at radius 2 is 1.50 bits per heavy atom. The van der Waals surface area contributed by atoms with E-state index >= 15 is 0 Å². The number of allylic oxidation sites excluding steroid dienone is 2. The molecule has 7 nitrogen and oxygen atoms in total. The van der Waals surface area contributed by atoms with Crippen LogP contribution in [0, 0.1) is 11.8 Å². The molecule has 2 saturated heterocycles. The molecule has 4 aliphatic rings. The Balaban J connectivity index is 1.14. The summed E-state index contributed by atoms with van der Waals surface area (Å²) in [6.45, 7) is 5.14. The van der Waals surface area contributed by atoms with E-state index in [-0.39, 0.29) is 23.7 Å². The molecule has 7 heteroatoms. The van der Waals surface area contributed by atoms with Crippen molar-refractivity contribution in [3.8, 4) is 11.5 Å². The van der Waals surface area contributed by atoms with Gasteiger partial charge in [-0.2, -0.15) is 0 Å². The van der Waals surface area contributed by atoms with Crippen molar-refractivity contribution < 1.29 is 19.1 Å². The standard InChI is InChI=1S/C21H25N3O4/c25-20-16-3-1-2-4-17(16)21(26)24(20)13-23-9-7-22(8-10-23)12-15-5-6-18-19(11-15)28-14-27-18/h1-2,5-6,11,16-17H,3-4,7-10,12-14H2. The van der Waals surface area contributed by atoms with E-state index in [1.807, 2.05) is 24.3 Å². The average Bonchev–Trinajstić information content (AvgIpc) is 3.28. The zero-order valence-electron chi connectivity index (χ0n) is 15.9. The van der Waals surface area contributed by atoms with E-state index in [2.05, 4.69) is 15.9 Å². The molecule has 1 aliphatic carbocycles. The summed E-state index contributed by atoms with van der Waals surface area (Å²) in [5.74, 6) is 1.39. The predicted molar refractivity (Wildman–Crippen MR) is 101 cm³/mol. The van der Waals surface area contributed by atoms with Gasteiger partial charge in [-0.1, -0.05) is 18.2 Å². The van der Waals surface area contributed by atoms with Crippen molar-refractivity contribution in [2.75, 3.05) is 39.6 Å². The van der Waals surface area contributed by atoms with Gasteiger partial charge < -0.3 is 9.47 Å². The van der Waals surface area contributed by atoms with Crippen LogP contribution in [0.2, 0.25) is 0 Å². The van der Waals surface area contributed by atoms with Gasteiger partial charge in [0.1, 0.15) is 0 Å². The van der Waals surface area contributed by atoms with Crippen LogP contribution in [0.1, 0.15) is 18.4 Å². The topological polar surface area (TPSA) is 62.3 Å². The Kier molecular flexibility index (Phi) is 4.56. The summed E-state index contributed by atoms with van der Waals surface area (Å²) >= 11 is 0. The average molecular weight is 383 g/mol. The number of hydrogen-bond acceptors (Lipinski definition) is 6. The predicted octanol–water partition coefficient (Wildman–Crippen LogP) is 1.44. The molecule has 2 atom stereocenters. The second kappa shape index (κ2) is 7.22. The number of benzene rings is 1. The van der Waals surface area contributed by atoms with Crippen LogP contribution in [0.4, 0.5) is 0 Å². The first-order valence-electron chi connectivity index (χ1n) is 10.0. The summed E-state index contributed by atoms with van der Waals surface area (Å²) in [6, 6.07) is 6.09. The summed E-state index contributed by atoms with van der Waals surface area (Å²) in [4.78, 5) is 31.4. The van der Waals surface area contributed by atoms with Gasteiger partial charge in [0, 0.05) is 32.7 Å². The molecular weight excluding hydrogens is 358 g/mol. The van der Waals surface area contributed by atoms with Crippen LogP contribution in [0.5, 0.6) is 11.5 Å². The Bertz CT molecular complexity index is 790. The molecule has 148 valence electrons. The highest BCUT2D eigenvalue weighted by molar-refractivity contribution is 6.05. The summed E-state index contributed by atoms with van der Waals surface area (Å²) < 4.78 is 10.8. The molecule has 0 radical (unpaired) electrons. The van der Waals surface area contributed by atoms with Crippen molar-refractivity contribution in [3.63, 3.8) is 0 Å². The molecule has 3 heterocycles. The maximum Gasteiger partial charge on any atom is 0.234 e. The number of rotatable bonds is 4. The van der Waals surface area contributed by atoms with Gasteiger partial charge >= 0.3 is 0 Å². The first-order chi connectivity index (χ1) is 13.7. The number of piperazine rings is 1. The number of ether oxygens (including phenoxy) is 2. The van der Waals surface area contributed by atoms with E-state index in [4.69, 9.17) is 9.47 Å². The quantitative estimate of drug-likeness (QED) is 0.579. The largest absolute Gasteiger partial charge is 0.454 e. The minimum Gasteiger partial charge on any atom is -0.454 e. The highest BCUT2D eigenvalue weighted by atomic mass is 16.7. The summed E-state index contributed by atoms with van der Waals surface area (Å²) in [5.41, 5.74) is 1.21. The molecule has 2 fully saturated rings. The van der Waals surface area contributed by atoms with Gasteiger partial charge in [0.25, 0.3) is 0 Å². The highest BCUT2D eigenvalue weighted by Crippen LogP contribution is 2.35. The monoisotopic (exact) mass is 383 g/mol. The van der Waals surface area contributed by atoms with E-state index in [0.29, 0.717) is 26.3 Å². The maximum atomic E-state index is 12.6. The van der Waals surface area contributed by atoms with E-state index < -0.39 is 0 Å². The number of nitrogens with zero attached hydrogens (tertiary/aromatic N) is 3. The SMILES string of the molecule is O=C1C2CC=CCC2C(=O)N1CN1CCN(Cc2ccc3c(c2)OCO3)CC1. The molecule has 0 N–H and O–H groups in total. The van der Waals surface area contributed by atoms with Gasteiger partial charge in [-0.25, -0.2) is 0 Å². The zero-order chi connectivity index (χ0) is 19.1. The van der Waals surface area contributed by atoms with E-state index in [0.717, 1.165) is 44.2 Å².